The first-order valence-electron chi connectivity index (χ1n) is 11.2. The van der Waals surface area contributed by atoms with Crippen molar-refractivity contribution in [2.75, 3.05) is 39.8 Å². The molecule has 0 spiro atoms. The third-order valence-electron chi connectivity index (χ3n) is 6.06. The molecule has 1 aliphatic carbocycles. The monoisotopic (exact) mass is 528 g/mol. The molecule has 1 aliphatic heterocycles. The molecule has 1 aromatic carbocycles. The summed E-state index contributed by atoms with van der Waals surface area (Å²) in [6.45, 7) is 6.13. The lowest BCUT2D eigenvalue weighted by atomic mass is 9.89. The third-order valence-corrected chi connectivity index (χ3v) is 6.06. The standard InChI is InChI=1S/C23H36N4O2.HI/c1-3-24-23(26-15-14-25-22(28)19-7-5-4-6-8-19)27-16-13-20(17-27)18-9-11-21(29-2)12-10-18;/h9-12,19-20H,3-8,13-17H2,1-2H3,(H,24,26)(H,25,28);1H. The zero-order valence-corrected chi connectivity index (χ0v) is 20.7. The van der Waals surface area contributed by atoms with Crippen LogP contribution in [0, 0.1) is 5.92 Å². The zero-order valence-electron chi connectivity index (χ0n) is 18.4. The molecule has 6 nitrogen and oxygen atoms in total. The Hall–Kier alpha value is -1.51. The van der Waals surface area contributed by atoms with Gasteiger partial charge in [-0.05, 0) is 43.9 Å². The van der Waals surface area contributed by atoms with E-state index < -0.39 is 0 Å². The van der Waals surface area contributed by atoms with Gasteiger partial charge in [0.25, 0.3) is 0 Å². The Kier molecular flexibility index (Phi) is 10.7. The number of methoxy groups -OCH3 is 1. The van der Waals surface area contributed by atoms with Crippen LogP contribution < -0.4 is 15.4 Å². The molecular formula is C23H37IN4O2. The Bertz CT molecular complexity index is 674. The highest BCUT2D eigenvalue weighted by Gasteiger charge is 2.26. The number of halogens is 1. The van der Waals surface area contributed by atoms with Crippen molar-refractivity contribution in [1.82, 2.24) is 15.5 Å². The second kappa shape index (κ2) is 13.0. The van der Waals surface area contributed by atoms with E-state index in [4.69, 9.17) is 9.73 Å². The highest BCUT2D eigenvalue weighted by molar-refractivity contribution is 14.0. The quantitative estimate of drug-likeness (QED) is 0.245. The van der Waals surface area contributed by atoms with Crippen molar-refractivity contribution in [2.45, 2.75) is 51.4 Å². The predicted octanol–water partition coefficient (Wildman–Crippen LogP) is 3.76. The molecular weight excluding hydrogens is 491 g/mol. The minimum atomic E-state index is 0. The molecule has 3 rings (SSSR count). The molecule has 2 N–H and O–H groups in total. The van der Waals surface area contributed by atoms with Gasteiger partial charge in [0.05, 0.1) is 13.7 Å². The van der Waals surface area contributed by atoms with Gasteiger partial charge in [-0.1, -0.05) is 31.4 Å². The van der Waals surface area contributed by atoms with Crippen LogP contribution in [0.5, 0.6) is 5.75 Å². The summed E-state index contributed by atoms with van der Waals surface area (Å²) < 4.78 is 5.26. The first-order valence-corrected chi connectivity index (χ1v) is 11.2. The number of carbonyl (C=O) groups is 1. The maximum Gasteiger partial charge on any atom is 0.223 e. The van der Waals surface area contributed by atoms with E-state index in [1.807, 2.05) is 12.1 Å². The number of guanidine groups is 1. The number of hydrogen-bond acceptors (Lipinski definition) is 3. The maximum atomic E-state index is 12.3. The fourth-order valence-electron chi connectivity index (χ4n) is 4.38. The maximum absolute atomic E-state index is 12.3. The number of aliphatic imine (C=N–C) groups is 1. The van der Waals surface area contributed by atoms with Gasteiger partial charge in [0.15, 0.2) is 5.96 Å². The molecule has 168 valence electrons. The van der Waals surface area contributed by atoms with Crippen LogP contribution in [0.15, 0.2) is 29.3 Å². The predicted molar refractivity (Wildman–Crippen MR) is 133 cm³/mol. The lowest BCUT2D eigenvalue weighted by molar-refractivity contribution is -0.125. The molecule has 2 fully saturated rings. The first-order chi connectivity index (χ1) is 14.2. The molecule has 1 heterocycles. The fraction of sp³-hybridized carbons (Fsp3) is 0.652. The van der Waals surface area contributed by atoms with Gasteiger partial charge >= 0.3 is 0 Å². The average Bonchev–Trinajstić information content (AvgIpc) is 3.26. The topological polar surface area (TPSA) is 66.0 Å². The van der Waals surface area contributed by atoms with E-state index in [1.165, 1.54) is 24.8 Å². The van der Waals surface area contributed by atoms with Crippen molar-refractivity contribution >= 4 is 35.8 Å². The minimum Gasteiger partial charge on any atom is -0.497 e. The Labute approximate surface area is 198 Å². The normalized spacial score (nSPS) is 19.9. The van der Waals surface area contributed by atoms with E-state index in [1.54, 1.807) is 7.11 Å². The van der Waals surface area contributed by atoms with Crippen LogP contribution in [0.25, 0.3) is 0 Å². The summed E-state index contributed by atoms with van der Waals surface area (Å²) in [7, 11) is 1.70. The highest BCUT2D eigenvalue weighted by Crippen LogP contribution is 2.28. The number of ether oxygens (including phenoxy) is 1. The first kappa shape index (κ1) is 24.8. The van der Waals surface area contributed by atoms with Gasteiger partial charge in [0, 0.05) is 38.0 Å². The zero-order chi connectivity index (χ0) is 20.5. The summed E-state index contributed by atoms with van der Waals surface area (Å²) in [5, 5.41) is 6.49. The summed E-state index contributed by atoms with van der Waals surface area (Å²) in [6.07, 6.45) is 6.84. The van der Waals surface area contributed by atoms with Gasteiger partial charge in [0.1, 0.15) is 5.75 Å². The summed E-state index contributed by atoms with van der Waals surface area (Å²) in [6, 6.07) is 8.40. The second-order valence-corrected chi connectivity index (χ2v) is 8.07. The van der Waals surface area contributed by atoms with E-state index >= 15 is 0 Å². The van der Waals surface area contributed by atoms with Crippen molar-refractivity contribution in [2.24, 2.45) is 10.9 Å². The Morgan fingerprint density at radius 1 is 1.13 bits per heavy atom. The molecule has 1 saturated carbocycles. The minimum absolute atomic E-state index is 0. The summed E-state index contributed by atoms with van der Waals surface area (Å²) in [5.74, 6) is 2.79. The molecule has 7 heteroatoms. The molecule has 0 bridgehead atoms. The molecule has 2 aliphatic rings. The van der Waals surface area contributed by atoms with Crippen molar-refractivity contribution < 1.29 is 9.53 Å². The molecule has 1 unspecified atom stereocenters. The molecule has 1 aromatic rings. The largest absolute Gasteiger partial charge is 0.497 e. The van der Waals surface area contributed by atoms with E-state index in [9.17, 15) is 4.79 Å². The van der Waals surface area contributed by atoms with E-state index in [0.29, 0.717) is 19.0 Å². The lowest BCUT2D eigenvalue weighted by Gasteiger charge is -2.22. The molecule has 1 amide bonds. The molecule has 0 aromatic heterocycles. The van der Waals surface area contributed by atoms with Crippen LogP contribution >= 0.6 is 24.0 Å². The number of nitrogens with one attached hydrogen (secondary N) is 2. The Balaban J connectivity index is 0.00000320. The van der Waals surface area contributed by atoms with Crippen molar-refractivity contribution in [3.05, 3.63) is 29.8 Å². The Morgan fingerprint density at radius 3 is 2.53 bits per heavy atom. The van der Waals surface area contributed by atoms with E-state index in [2.05, 4.69) is 34.6 Å². The van der Waals surface area contributed by atoms with Gasteiger partial charge in [-0.3, -0.25) is 9.79 Å². The van der Waals surface area contributed by atoms with Crippen LogP contribution in [0.2, 0.25) is 0 Å². The smallest absolute Gasteiger partial charge is 0.223 e. The van der Waals surface area contributed by atoms with Crippen molar-refractivity contribution in [1.29, 1.82) is 0 Å². The molecule has 0 radical (unpaired) electrons. The average molecular weight is 528 g/mol. The number of amides is 1. The number of likely N-dealkylation sites (tertiary alicyclic amines) is 1. The van der Waals surface area contributed by atoms with Gasteiger partial charge in [-0.25, -0.2) is 0 Å². The highest BCUT2D eigenvalue weighted by atomic mass is 127. The number of hydrogen-bond donors (Lipinski definition) is 2. The molecule has 1 saturated heterocycles. The number of rotatable bonds is 7. The van der Waals surface area contributed by atoms with Crippen LogP contribution in [0.3, 0.4) is 0 Å². The van der Waals surface area contributed by atoms with E-state index in [-0.39, 0.29) is 35.8 Å². The third kappa shape index (κ3) is 7.03. The summed E-state index contributed by atoms with van der Waals surface area (Å²) >= 11 is 0. The molecule has 1 atom stereocenters. The number of carbonyl (C=O) groups excluding carboxylic acids is 1. The lowest BCUT2D eigenvalue weighted by Crippen LogP contribution is -2.40. The van der Waals surface area contributed by atoms with Crippen LogP contribution in [0.4, 0.5) is 0 Å². The van der Waals surface area contributed by atoms with Gasteiger partial charge < -0.3 is 20.3 Å². The van der Waals surface area contributed by atoms with Gasteiger partial charge in [0.2, 0.25) is 5.91 Å². The summed E-state index contributed by atoms with van der Waals surface area (Å²) in [5.41, 5.74) is 1.35. The number of nitrogens with zero attached hydrogens (tertiary/aromatic N) is 2. The van der Waals surface area contributed by atoms with Crippen molar-refractivity contribution in [3.63, 3.8) is 0 Å². The van der Waals surface area contributed by atoms with Crippen LogP contribution in [-0.4, -0.2) is 56.6 Å². The van der Waals surface area contributed by atoms with Gasteiger partial charge in [-0.2, -0.15) is 0 Å². The fourth-order valence-corrected chi connectivity index (χ4v) is 4.38. The van der Waals surface area contributed by atoms with Gasteiger partial charge in [-0.15, -0.1) is 24.0 Å². The SMILES string of the molecule is CCNC(=NCCNC(=O)C1CCCCC1)N1CCC(c2ccc(OC)cc2)C1.I. The summed E-state index contributed by atoms with van der Waals surface area (Å²) in [4.78, 5) is 19.4. The Morgan fingerprint density at radius 2 is 1.87 bits per heavy atom. The molecule has 30 heavy (non-hydrogen) atoms. The van der Waals surface area contributed by atoms with Crippen molar-refractivity contribution in [3.8, 4) is 5.75 Å². The van der Waals surface area contributed by atoms with Crippen LogP contribution in [-0.2, 0) is 4.79 Å². The van der Waals surface area contributed by atoms with E-state index in [0.717, 1.165) is 50.6 Å². The number of benzene rings is 1. The second-order valence-electron chi connectivity index (χ2n) is 8.07. The van der Waals surface area contributed by atoms with Crippen LogP contribution in [0.1, 0.15) is 56.9 Å².